The zero-order valence-corrected chi connectivity index (χ0v) is 19.2. The van der Waals surface area contributed by atoms with Crippen LogP contribution in [0.25, 0.3) is 0 Å². The van der Waals surface area contributed by atoms with Gasteiger partial charge in [0.2, 0.25) is 5.82 Å². The Morgan fingerprint density at radius 3 is 2.00 bits per heavy atom. The van der Waals surface area contributed by atoms with Gasteiger partial charge in [0, 0.05) is 10.5 Å². The molecular formula is C21H22BrF5NO2P. The molecule has 1 fully saturated rings. The Morgan fingerprint density at radius 1 is 0.968 bits per heavy atom. The lowest BCUT2D eigenvalue weighted by Gasteiger charge is -2.34. The van der Waals surface area contributed by atoms with Crippen LogP contribution in [0.4, 0.5) is 22.0 Å². The normalized spacial score (nSPS) is 18.0. The van der Waals surface area contributed by atoms with Gasteiger partial charge >= 0.3 is 0 Å². The molecule has 2 unspecified atom stereocenters. The Kier molecular flexibility index (Phi) is 7.95. The molecular weight excluding hydrogens is 504 g/mol. The van der Waals surface area contributed by atoms with Crippen LogP contribution >= 0.6 is 23.3 Å². The van der Waals surface area contributed by atoms with Gasteiger partial charge in [-0.2, -0.15) is 0 Å². The Morgan fingerprint density at radius 2 is 1.48 bits per heavy atom. The Labute approximate surface area is 186 Å². The summed E-state index contributed by atoms with van der Waals surface area (Å²) in [7, 11) is -4.66. The summed E-state index contributed by atoms with van der Waals surface area (Å²) in [6.45, 7) is 1.19. The van der Waals surface area contributed by atoms with Crippen molar-refractivity contribution in [1.29, 1.82) is 0 Å². The van der Waals surface area contributed by atoms with E-state index in [0.717, 1.165) is 32.1 Å². The fourth-order valence-electron chi connectivity index (χ4n) is 3.86. The summed E-state index contributed by atoms with van der Waals surface area (Å²) < 4.78 is 91.2. The number of hydrogen-bond acceptors (Lipinski definition) is 3. The van der Waals surface area contributed by atoms with Crippen molar-refractivity contribution in [2.75, 3.05) is 6.61 Å². The Bertz CT molecular complexity index is 954. The van der Waals surface area contributed by atoms with Crippen LogP contribution in [0, 0.1) is 29.1 Å². The minimum Gasteiger partial charge on any atom is -0.324 e. The molecule has 2 atom stereocenters. The van der Waals surface area contributed by atoms with Crippen LogP contribution in [-0.4, -0.2) is 12.6 Å². The molecule has 0 saturated heterocycles. The minimum atomic E-state index is -4.66. The van der Waals surface area contributed by atoms with Gasteiger partial charge in [-0.05, 0) is 37.5 Å². The predicted octanol–water partition coefficient (Wildman–Crippen LogP) is 6.71. The molecule has 2 aromatic carbocycles. The maximum absolute atomic E-state index is 14.7. The third-order valence-electron chi connectivity index (χ3n) is 5.34. The van der Waals surface area contributed by atoms with E-state index in [4.69, 9.17) is 4.52 Å². The van der Waals surface area contributed by atoms with Crippen molar-refractivity contribution in [2.24, 2.45) is 0 Å². The van der Waals surface area contributed by atoms with E-state index in [1.54, 1.807) is 24.3 Å². The molecule has 3 rings (SSSR count). The molecule has 10 heteroatoms. The number of hydrogen-bond donors (Lipinski definition) is 1. The molecule has 1 aliphatic carbocycles. The molecule has 0 heterocycles. The molecule has 0 spiro atoms. The molecule has 2 aromatic rings. The highest BCUT2D eigenvalue weighted by molar-refractivity contribution is 9.10. The van der Waals surface area contributed by atoms with Crippen LogP contribution in [0.15, 0.2) is 28.7 Å². The summed E-state index contributed by atoms with van der Waals surface area (Å²) in [6.07, 6.45) is 4.31. The average Bonchev–Trinajstić information content (AvgIpc) is 2.76. The van der Waals surface area contributed by atoms with Gasteiger partial charge in [0.05, 0.1) is 6.61 Å². The molecule has 1 N–H and O–H groups in total. The second-order valence-corrected chi connectivity index (χ2v) is 10.7. The lowest BCUT2D eigenvalue weighted by Crippen LogP contribution is -2.38. The average molecular weight is 526 g/mol. The zero-order valence-electron chi connectivity index (χ0n) is 16.7. The third kappa shape index (κ3) is 4.90. The SMILES string of the molecule is CCOP(=O)(c1c(F)c(F)c(F)c(F)c1F)C(NC1CCCCC1)c1ccc(Br)cc1. The van der Waals surface area contributed by atoms with Crippen LogP contribution < -0.4 is 10.6 Å². The molecule has 1 aliphatic rings. The largest absolute Gasteiger partial charge is 0.324 e. The first-order chi connectivity index (χ1) is 14.7. The van der Waals surface area contributed by atoms with Crippen molar-refractivity contribution in [3.8, 4) is 0 Å². The molecule has 0 bridgehead atoms. The van der Waals surface area contributed by atoms with Gasteiger partial charge in [0.1, 0.15) is 11.1 Å². The van der Waals surface area contributed by atoms with E-state index in [1.165, 1.54) is 6.92 Å². The molecule has 3 nitrogen and oxygen atoms in total. The van der Waals surface area contributed by atoms with E-state index in [-0.39, 0.29) is 12.6 Å². The number of nitrogens with one attached hydrogen (secondary N) is 1. The van der Waals surface area contributed by atoms with E-state index in [0.29, 0.717) is 10.0 Å². The van der Waals surface area contributed by atoms with Crippen LogP contribution in [0.3, 0.4) is 0 Å². The highest BCUT2D eigenvalue weighted by Gasteiger charge is 2.45. The topological polar surface area (TPSA) is 38.3 Å². The van der Waals surface area contributed by atoms with Gasteiger partial charge in [-0.15, -0.1) is 0 Å². The highest BCUT2D eigenvalue weighted by Crippen LogP contribution is 2.59. The van der Waals surface area contributed by atoms with Crippen molar-refractivity contribution in [3.63, 3.8) is 0 Å². The standard InChI is InChI=1S/C21H22BrF5NO2P/c1-2-30-31(29,20-18(26)16(24)15(23)17(25)19(20)27)21(12-8-10-13(22)11-9-12)28-14-6-4-3-5-7-14/h8-11,14,21,28H,2-7H2,1H3. The smallest absolute Gasteiger partial charge is 0.259 e. The molecule has 0 aromatic heterocycles. The lowest BCUT2D eigenvalue weighted by atomic mass is 9.95. The maximum atomic E-state index is 14.7. The minimum absolute atomic E-state index is 0.141. The summed E-state index contributed by atoms with van der Waals surface area (Å²) in [4.78, 5) is 0. The van der Waals surface area contributed by atoms with Gasteiger partial charge in [-0.1, -0.05) is 47.3 Å². The van der Waals surface area contributed by atoms with Gasteiger partial charge < -0.3 is 4.52 Å². The van der Waals surface area contributed by atoms with Crippen LogP contribution in [0.1, 0.15) is 50.4 Å². The van der Waals surface area contributed by atoms with E-state index in [9.17, 15) is 26.5 Å². The van der Waals surface area contributed by atoms with E-state index in [2.05, 4.69) is 21.2 Å². The molecule has 0 radical (unpaired) electrons. The fraction of sp³-hybridized carbons (Fsp3) is 0.429. The predicted molar refractivity (Wildman–Crippen MR) is 112 cm³/mol. The maximum Gasteiger partial charge on any atom is 0.259 e. The molecule has 170 valence electrons. The molecule has 31 heavy (non-hydrogen) atoms. The van der Waals surface area contributed by atoms with Crippen molar-refractivity contribution in [3.05, 3.63) is 63.4 Å². The van der Waals surface area contributed by atoms with Crippen LogP contribution in [0.2, 0.25) is 0 Å². The van der Waals surface area contributed by atoms with Crippen molar-refractivity contribution >= 4 is 28.6 Å². The first-order valence-electron chi connectivity index (χ1n) is 9.98. The van der Waals surface area contributed by atoms with E-state index < -0.39 is 47.5 Å². The summed E-state index contributed by atoms with van der Waals surface area (Å²) in [5, 5.41) is 1.73. The Hall–Kier alpha value is -1.28. The second-order valence-electron chi connectivity index (χ2n) is 7.39. The van der Waals surface area contributed by atoms with Crippen molar-refractivity contribution < 1.29 is 31.0 Å². The first-order valence-corrected chi connectivity index (χ1v) is 12.5. The quantitative estimate of drug-likeness (QED) is 0.189. The van der Waals surface area contributed by atoms with Gasteiger partial charge in [-0.3, -0.25) is 9.88 Å². The first kappa shape index (κ1) is 24.4. The zero-order chi connectivity index (χ0) is 22.8. The number of halogens is 6. The number of rotatable bonds is 7. The van der Waals surface area contributed by atoms with Crippen LogP contribution in [-0.2, 0) is 9.09 Å². The molecule has 1 saturated carbocycles. The lowest BCUT2D eigenvalue weighted by molar-refractivity contribution is 0.306. The van der Waals surface area contributed by atoms with Gasteiger partial charge in [-0.25, -0.2) is 22.0 Å². The van der Waals surface area contributed by atoms with Crippen LogP contribution in [0.5, 0.6) is 0 Å². The van der Waals surface area contributed by atoms with Crippen molar-refractivity contribution in [2.45, 2.75) is 50.9 Å². The Balaban J connectivity index is 2.21. The van der Waals surface area contributed by atoms with E-state index >= 15 is 0 Å². The summed E-state index contributed by atoms with van der Waals surface area (Å²) in [6, 6.07) is 6.28. The molecule has 0 amide bonds. The highest BCUT2D eigenvalue weighted by atomic mass is 79.9. The third-order valence-corrected chi connectivity index (χ3v) is 8.66. The summed E-state index contributed by atoms with van der Waals surface area (Å²) in [5.74, 6) is -12.2. The monoisotopic (exact) mass is 525 g/mol. The van der Waals surface area contributed by atoms with E-state index in [1.807, 2.05) is 0 Å². The van der Waals surface area contributed by atoms with Crippen molar-refractivity contribution in [1.82, 2.24) is 5.32 Å². The van der Waals surface area contributed by atoms with Gasteiger partial charge in [0.15, 0.2) is 23.3 Å². The second kappa shape index (κ2) is 10.1. The summed E-state index contributed by atoms with van der Waals surface area (Å²) >= 11 is 3.29. The summed E-state index contributed by atoms with van der Waals surface area (Å²) in [5.41, 5.74) is 0.356. The number of benzene rings is 2. The molecule has 0 aliphatic heterocycles. The van der Waals surface area contributed by atoms with Gasteiger partial charge in [0.25, 0.3) is 7.37 Å². The fourth-order valence-corrected chi connectivity index (χ4v) is 6.75.